The van der Waals surface area contributed by atoms with Gasteiger partial charge in [-0.2, -0.15) is 0 Å². The standard InChI is InChI=1S/C16H19ClO2.C15H13NO3/c17-15-9-13-11(6-7-12(13)16(18)19)8-14(15)10-4-2-1-3-5-10;17-14(10-4-2-1-3-5-10)13-7-6-12-11(15(18)19)8-9-16(12)13/h8-10,12H,1-7H2,(H,18,19);1-7,11H,8-9H2,(H,18,19). The van der Waals surface area contributed by atoms with Crippen LogP contribution in [0.2, 0.25) is 5.02 Å². The second-order valence-electron chi connectivity index (χ2n) is 10.5. The van der Waals surface area contributed by atoms with Crippen molar-refractivity contribution in [3.05, 3.63) is 93.3 Å². The molecule has 0 radical (unpaired) electrons. The summed E-state index contributed by atoms with van der Waals surface area (Å²) in [6, 6.07) is 16.6. The Morgan fingerprint density at radius 3 is 2.18 bits per heavy atom. The largest absolute Gasteiger partial charge is 0.481 e. The van der Waals surface area contributed by atoms with E-state index in [9.17, 15) is 19.5 Å². The van der Waals surface area contributed by atoms with Crippen LogP contribution in [0.3, 0.4) is 0 Å². The molecule has 2 atom stereocenters. The highest BCUT2D eigenvalue weighted by Crippen LogP contribution is 2.42. The summed E-state index contributed by atoms with van der Waals surface area (Å²) in [7, 11) is 0. The third-order valence-electron chi connectivity index (χ3n) is 8.26. The molecule has 6 rings (SSSR count). The number of carbonyl (C=O) groups excluding carboxylic acids is 1. The van der Waals surface area contributed by atoms with Crippen molar-refractivity contribution in [2.75, 3.05) is 0 Å². The predicted octanol–water partition coefficient (Wildman–Crippen LogP) is 6.79. The fourth-order valence-electron chi connectivity index (χ4n) is 6.26. The van der Waals surface area contributed by atoms with Crippen molar-refractivity contribution in [1.29, 1.82) is 0 Å². The van der Waals surface area contributed by atoms with Gasteiger partial charge in [0.05, 0.1) is 17.5 Å². The summed E-state index contributed by atoms with van der Waals surface area (Å²) >= 11 is 6.42. The fraction of sp³-hybridized carbons (Fsp3) is 0.387. The Labute approximate surface area is 227 Å². The van der Waals surface area contributed by atoms with Crippen molar-refractivity contribution >= 4 is 29.3 Å². The van der Waals surface area contributed by atoms with Crippen LogP contribution in [-0.4, -0.2) is 32.5 Å². The number of carboxylic acid groups (broad SMARTS) is 2. The molecule has 2 heterocycles. The van der Waals surface area contributed by atoms with Crippen molar-refractivity contribution in [3.8, 4) is 0 Å². The maximum absolute atomic E-state index is 12.4. The van der Waals surface area contributed by atoms with E-state index in [4.69, 9.17) is 16.7 Å². The molecule has 0 saturated heterocycles. The van der Waals surface area contributed by atoms with Gasteiger partial charge in [-0.1, -0.05) is 67.3 Å². The first kappa shape index (κ1) is 26.2. The minimum Gasteiger partial charge on any atom is -0.481 e. The first-order valence-corrected chi connectivity index (χ1v) is 13.8. The SMILES string of the molecule is O=C(O)C1CCc2cc(C3CCCCC3)c(Cl)cc21.O=C(c1ccccc1)c1ccc2n1CCC2C(=O)O. The number of carboxylic acids is 2. The maximum atomic E-state index is 12.4. The summed E-state index contributed by atoms with van der Waals surface area (Å²) in [5, 5.41) is 19.1. The zero-order valence-corrected chi connectivity index (χ0v) is 22.0. The Bertz CT molecular complexity index is 1360. The van der Waals surface area contributed by atoms with Crippen LogP contribution >= 0.6 is 11.6 Å². The van der Waals surface area contributed by atoms with Gasteiger partial charge in [0.25, 0.3) is 0 Å². The lowest BCUT2D eigenvalue weighted by atomic mass is 9.83. The highest BCUT2D eigenvalue weighted by molar-refractivity contribution is 6.31. The molecule has 198 valence electrons. The van der Waals surface area contributed by atoms with Crippen molar-refractivity contribution in [1.82, 2.24) is 4.57 Å². The molecule has 1 aliphatic heterocycles. The van der Waals surface area contributed by atoms with E-state index in [2.05, 4.69) is 6.07 Å². The average Bonchev–Trinajstić information content (AvgIpc) is 3.64. The van der Waals surface area contributed by atoms with Crippen LogP contribution in [0.15, 0.2) is 54.6 Å². The molecule has 1 aromatic heterocycles. The molecule has 38 heavy (non-hydrogen) atoms. The first-order chi connectivity index (χ1) is 18.3. The monoisotopic (exact) mass is 533 g/mol. The number of aromatic nitrogens is 1. The number of aliphatic carboxylic acids is 2. The van der Waals surface area contributed by atoms with E-state index in [1.54, 1.807) is 24.3 Å². The summed E-state index contributed by atoms with van der Waals surface area (Å²) in [5.41, 5.74) is 5.33. The summed E-state index contributed by atoms with van der Waals surface area (Å²) < 4.78 is 1.83. The molecule has 1 saturated carbocycles. The Morgan fingerprint density at radius 1 is 0.789 bits per heavy atom. The van der Waals surface area contributed by atoms with Crippen molar-refractivity contribution in [2.45, 2.75) is 75.7 Å². The Kier molecular flexibility index (Phi) is 7.70. The molecule has 6 nitrogen and oxygen atoms in total. The number of halogens is 1. The van der Waals surface area contributed by atoms with Crippen molar-refractivity contribution in [3.63, 3.8) is 0 Å². The molecule has 3 aliphatic rings. The van der Waals surface area contributed by atoms with Crippen LogP contribution in [-0.2, 0) is 22.6 Å². The second kappa shape index (κ2) is 11.2. The average molecular weight is 534 g/mol. The van der Waals surface area contributed by atoms with E-state index in [-0.39, 0.29) is 11.7 Å². The van der Waals surface area contributed by atoms with Gasteiger partial charge in [0, 0.05) is 22.8 Å². The first-order valence-electron chi connectivity index (χ1n) is 13.4. The van der Waals surface area contributed by atoms with Gasteiger partial charge >= 0.3 is 11.9 Å². The summed E-state index contributed by atoms with van der Waals surface area (Å²) in [5.74, 6) is -1.87. The van der Waals surface area contributed by atoms with E-state index in [1.807, 2.05) is 28.8 Å². The summed E-state index contributed by atoms with van der Waals surface area (Å²) in [6.45, 7) is 0.590. The molecule has 2 unspecified atom stereocenters. The zero-order chi connectivity index (χ0) is 26.8. The van der Waals surface area contributed by atoms with Crippen LogP contribution in [0.5, 0.6) is 0 Å². The van der Waals surface area contributed by atoms with E-state index in [0.717, 1.165) is 29.1 Å². The van der Waals surface area contributed by atoms with Gasteiger partial charge < -0.3 is 14.8 Å². The highest BCUT2D eigenvalue weighted by Gasteiger charge is 2.32. The lowest BCUT2D eigenvalue weighted by molar-refractivity contribution is -0.139. The highest BCUT2D eigenvalue weighted by atomic mass is 35.5. The van der Waals surface area contributed by atoms with E-state index in [0.29, 0.717) is 30.1 Å². The number of fused-ring (bicyclic) bond motifs is 2. The van der Waals surface area contributed by atoms with Crippen LogP contribution in [0.25, 0.3) is 0 Å². The fourth-order valence-corrected chi connectivity index (χ4v) is 6.59. The molecule has 2 aromatic carbocycles. The minimum atomic E-state index is -0.824. The third kappa shape index (κ3) is 5.14. The van der Waals surface area contributed by atoms with E-state index in [1.165, 1.54) is 43.2 Å². The van der Waals surface area contributed by atoms with Gasteiger partial charge in [-0.25, -0.2) is 0 Å². The number of rotatable bonds is 5. The van der Waals surface area contributed by atoms with Crippen molar-refractivity contribution in [2.24, 2.45) is 0 Å². The molecule has 0 spiro atoms. The number of carbonyl (C=O) groups is 3. The number of ketones is 1. The number of hydrogen-bond acceptors (Lipinski definition) is 3. The Morgan fingerprint density at radius 2 is 1.50 bits per heavy atom. The molecular weight excluding hydrogens is 502 g/mol. The molecule has 2 aliphatic carbocycles. The van der Waals surface area contributed by atoms with Gasteiger partial charge in [0.2, 0.25) is 5.78 Å². The third-order valence-corrected chi connectivity index (χ3v) is 8.59. The number of hydrogen-bond donors (Lipinski definition) is 2. The second-order valence-corrected chi connectivity index (χ2v) is 10.9. The Hall–Kier alpha value is -3.38. The molecule has 3 aromatic rings. The van der Waals surface area contributed by atoms with E-state index >= 15 is 0 Å². The topological polar surface area (TPSA) is 96.6 Å². The van der Waals surface area contributed by atoms with Gasteiger partial charge in [-0.3, -0.25) is 14.4 Å². The predicted molar refractivity (Wildman–Crippen MR) is 145 cm³/mol. The van der Waals surface area contributed by atoms with Crippen LogP contribution in [0, 0.1) is 0 Å². The zero-order valence-electron chi connectivity index (χ0n) is 21.2. The molecule has 1 fully saturated rings. The number of nitrogens with zero attached hydrogens (tertiary/aromatic N) is 1. The normalized spacial score (nSPS) is 20.2. The van der Waals surface area contributed by atoms with E-state index < -0.39 is 17.9 Å². The van der Waals surface area contributed by atoms with Crippen LogP contribution < -0.4 is 0 Å². The van der Waals surface area contributed by atoms with Crippen LogP contribution in [0.1, 0.15) is 101 Å². The Balaban J connectivity index is 0.000000155. The summed E-state index contributed by atoms with van der Waals surface area (Å²) in [6.07, 6.45) is 8.51. The molecular formula is C31H32ClNO5. The summed E-state index contributed by atoms with van der Waals surface area (Å²) in [4.78, 5) is 34.7. The number of benzene rings is 2. The van der Waals surface area contributed by atoms with Gasteiger partial charge in [0.1, 0.15) is 0 Å². The minimum absolute atomic E-state index is 0.0575. The quantitative estimate of drug-likeness (QED) is 0.352. The van der Waals surface area contributed by atoms with Crippen molar-refractivity contribution < 1.29 is 24.6 Å². The number of aryl methyl sites for hydroxylation is 1. The molecule has 7 heteroatoms. The molecule has 0 bridgehead atoms. The van der Waals surface area contributed by atoms with Gasteiger partial charge in [-0.15, -0.1) is 0 Å². The lowest BCUT2D eigenvalue weighted by Gasteiger charge is -2.24. The van der Waals surface area contributed by atoms with Gasteiger partial charge in [-0.05, 0) is 72.9 Å². The maximum Gasteiger partial charge on any atom is 0.312 e. The molecule has 0 amide bonds. The van der Waals surface area contributed by atoms with Crippen LogP contribution in [0.4, 0.5) is 0 Å². The lowest BCUT2D eigenvalue weighted by Crippen LogP contribution is -2.09. The smallest absolute Gasteiger partial charge is 0.312 e. The van der Waals surface area contributed by atoms with Gasteiger partial charge in [0.15, 0.2) is 0 Å². The molecule has 2 N–H and O–H groups in total.